The van der Waals surface area contributed by atoms with Crippen LogP contribution in [0.3, 0.4) is 0 Å². The topological polar surface area (TPSA) is 85.3 Å². The van der Waals surface area contributed by atoms with Crippen molar-refractivity contribution < 1.29 is 13.8 Å². The van der Waals surface area contributed by atoms with E-state index in [9.17, 15) is 4.79 Å². The zero-order valence-corrected chi connectivity index (χ0v) is 13.1. The van der Waals surface area contributed by atoms with Crippen LogP contribution in [0.15, 0.2) is 51.8 Å². The number of amides is 1. The number of aryl methyl sites for hydroxylation is 1. The molecule has 0 radical (unpaired) electrons. The van der Waals surface area contributed by atoms with Crippen LogP contribution in [-0.2, 0) is 0 Å². The molecule has 0 spiro atoms. The summed E-state index contributed by atoms with van der Waals surface area (Å²) in [7, 11) is 0. The van der Waals surface area contributed by atoms with Crippen molar-refractivity contribution in [2.24, 2.45) is 0 Å². The van der Waals surface area contributed by atoms with Gasteiger partial charge in [-0.15, -0.1) is 0 Å². The lowest BCUT2D eigenvalue weighted by Crippen LogP contribution is -2.29. The smallest absolute Gasteiger partial charge is 0.276 e. The lowest BCUT2D eigenvalue weighted by molar-refractivity contribution is 0.0778. The number of hydrogen-bond donors (Lipinski definition) is 0. The highest BCUT2D eigenvalue weighted by Crippen LogP contribution is 2.38. The third-order valence-electron chi connectivity index (χ3n) is 4.39. The Labute approximate surface area is 138 Å². The first-order chi connectivity index (χ1) is 11.7. The van der Waals surface area contributed by atoms with Crippen LogP contribution in [0.1, 0.15) is 39.5 Å². The fraction of sp³-hybridized carbons (Fsp3) is 0.294. The molecule has 7 nitrogen and oxygen atoms in total. The van der Waals surface area contributed by atoms with Gasteiger partial charge in [0.2, 0.25) is 6.39 Å². The summed E-state index contributed by atoms with van der Waals surface area (Å²) in [6.07, 6.45) is 1.32. The van der Waals surface area contributed by atoms with Crippen molar-refractivity contribution in [3.05, 3.63) is 65.6 Å². The Kier molecular flexibility index (Phi) is 3.60. The summed E-state index contributed by atoms with van der Waals surface area (Å²) < 4.78 is 9.92. The van der Waals surface area contributed by atoms with Crippen LogP contribution in [0.4, 0.5) is 0 Å². The van der Waals surface area contributed by atoms with Crippen molar-refractivity contribution in [2.75, 3.05) is 13.1 Å². The molecule has 1 aliphatic heterocycles. The molecule has 0 aliphatic carbocycles. The Bertz CT molecular complexity index is 829. The van der Waals surface area contributed by atoms with Crippen molar-refractivity contribution in [3.8, 4) is 0 Å². The Morgan fingerprint density at radius 2 is 1.96 bits per heavy atom. The maximum Gasteiger partial charge on any atom is 0.276 e. The molecule has 0 saturated carbocycles. The molecule has 2 aromatic heterocycles. The number of rotatable bonds is 3. The molecule has 1 fully saturated rings. The fourth-order valence-electron chi connectivity index (χ4n) is 3.24. The molecule has 7 heteroatoms. The highest BCUT2D eigenvalue weighted by molar-refractivity contribution is 5.92. The third kappa shape index (κ3) is 2.58. The highest BCUT2D eigenvalue weighted by atomic mass is 16.5. The van der Waals surface area contributed by atoms with Gasteiger partial charge in [-0.1, -0.05) is 40.6 Å². The van der Waals surface area contributed by atoms with Crippen LogP contribution in [-0.4, -0.2) is 39.2 Å². The van der Waals surface area contributed by atoms with Gasteiger partial charge in [-0.2, -0.15) is 4.98 Å². The number of likely N-dealkylation sites (tertiary alicyclic amines) is 1. The van der Waals surface area contributed by atoms with Crippen molar-refractivity contribution >= 4 is 5.91 Å². The van der Waals surface area contributed by atoms with Crippen molar-refractivity contribution in [3.63, 3.8) is 0 Å². The minimum atomic E-state index is -0.140. The monoisotopic (exact) mass is 324 g/mol. The lowest BCUT2D eigenvalue weighted by Gasteiger charge is -2.15. The van der Waals surface area contributed by atoms with E-state index < -0.39 is 0 Å². The number of carbonyl (C=O) groups is 1. The zero-order chi connectivity index (χ0) is 16.5. The second kappa shape index (κ2) is 5.92. The Morgan fingerprint density at radius 3 is 2.62 bits per heavy atom. The Morgan fingerprint density at radius 1 is 1.17 bits per heavy atom. The van der Waals surface area contributed by atoms with Crippen molar-refractivity contribution in [1.29, 1.82) is 0 Å². The van der Waals surface area contributed by atoms with E-state index in [1.165, 1.54) is 6.39 Å². The molecule has 3 aromatic rings. The largest absolute Gasteiger partial charge is 0.361 e. The summed E-state index contributed by atoms with van der Waals surface area (Å²) in [6.45, 7) is 2.86. The average Bonchev–Trinajstić information content (AvgIpc) is 3.35. The predicted octanol–water partition coefficient (Wildman–Crippen LogP) is 2.39. The van der Waals surface area contributed by atoms with Gasteiger partial charge in [0.15, 0.2) is 11.5 Å². The van der Waals surface area contributed by atoms with Crippen LogP contribution >= 0.6 is 0 Å². The summed E-state index contributed by atoms with van der Waals surface area (Å²) in [5, 5.41) is 7.82. The maximum atomic E-state index is 12.7. The molecule has 4 rings (SSSR count). The van der Waals surface area contributed by atoms with Gasteiger partial charge in [0, 0.05) is 31.0 Å². The summed E-state index contributed by atoms with van der Waals surface area (Å²) in [4.78, 5) is 18.7. The number of aromatic nitrogens is 3. The second-order valence-electron chi connectivity index (χ2n) is 5.95. The Balaban J connectivity index is 1.64. The van der Waals surface area contributed by atoms with E-state index in [0.29, 0.717) is 30.4 Å². The third-order valence-corrected chi connectivity index (χ3v) is 4.39. The van der Waals surface area contributed by atoms with Crippen LogP contribution in [0.2, 0.25) is 0 Å². The van der Waals surface area contributed by atoms with Gasteiger partial charge in [-0.25, -0.2) is 0 Å². The molecule has 0 bridgehead atoms. The highest BCUT2D eigenvalue weighted by Gasteiger charge is 2.40. The molecule has 122 valence electrons. The average molecular weight is 324 g/mol. The molecular formula is C17H16N4O3. The first kappa shape index (κ1) is 14.6. The SMILES string of the molecule is Cc1cc(C(=O)N2C[C@H](c3ccccc3)[C@H](c3ncon3)C2)no1. The van der Waals surface area contributed by atoms with Gasteiger partial charge >= 0.3 is 0 Å². The first-order valence-corrected chi connectivity index (χ1v) is 7.76. The van der Waals surface area contributed by atoms with E-state index in [0.717, 1.165) is 5.56 Å². The van der Waals surface area contributed by atoms with Gasteiger partial charge in [-0.05, 0) is 12.5 Å². The van der Waals surface area contributed by atoms with Crippen LogP contribution in [0.25, 0.3) is 0 Å². The van der Waals surface area contributed by atoms with E-state index in [1.54, 1.807) is 17.9 Å². The van der Waals surface area contributed by atoms with Gasteiger partial charge in [0.25, 0.3) is 5.91 Å². The van der Waals surface area contributed by atoms with Gasteiger partial charge in [0.1, 0.15) is 5.76 Å². The minimum Gasteiger partial charge on any atom is -0.361 e. The molecule has 0 unspecified atom stereocenters. The van der Waals surface area contributed by atoms with E-state index >= 15 is 0 Å². The summed E-state index contributed by atoms with van der Waals surface area (Å²) in [5.41, 5.74) is 1.48. The molecule has 1 amide bonds. The number of nitrogens with zero attached hydrogens (tertiary/aromatic N) is 4. The molecule has 1 aromatic carbocycles. The molecule has 24 heavy (non-hydrogen) atoms. The molecule has 3 heterocycles. The zero-order valence-electron chi connectivity index (χ0n) is 13.1. The lowest BCUT2D eigenvalue weighted by atomic mass is 9.88. The Hall–Kier alpha value is -2.96. The maximum absolute atomic E-state index is 12.7. The van der Waals surface area contributed by atoms with Gasteiger partial charge in [0.05, 0.1) is 0 Å². The molecule has 1 saturated heterocycles. The first-order valence-electron chi connectivity index (χ1n) is 7.76. The van der Waals surface area contributed by atoms with Crippen molar-refractivity contribution in [2.45, 2.75) is 18.8 Å². The number of benzene rings is 1. The van der Waals surface area contributed by atoms with Crippen LogP contribution < -0.4 is 0 Å². The summed E-state index contributed by atoms with van der Waals surface area (Å²) in [5.74, 6) is 1.20. The van der Waals surface area contributed by atoms with Crippen LogP contribution in [0, 0.1) is 6.92 Å². The van der Waals surface area contributed by atoms with Crippen LogP contribution in [0.5, 0.6) is 0 Å². The van der Waals surface area contributed by atoms with Gasteiger partial charge in [-0.3, -0.25) is 4.79 Å². The normalized spacial score (nSPS) is 20.5. The minimum absolute atomic E-state index is 0.0110. The van der Waals surface area contributed by atoms with E-state index in [1.807, 2.05) is 18.2 Å². The standard InChI is InChI=1S/C17H16N4O3/c1-11-7-15(19-24-11)17(22)21-8-13(12-5-3-2-4-6-12)14(9-21)16-18-10-23-20-16/h2-7,10,13-14H,8-9H2,1H3/t13-,14-/m1/s1. The predicted molar refractivity (Wildman–Crippen MR) is 83.4 cm³/mol. The van der Waals surface area contributed by atoms with E-state index in [4.69, 9.17) is 9.05 Å². The molecule has 2 atom stereocenters. The summed E-state index contributed by atoms with van der Waals surface area (Å²) in [6, 6.07) is 11.7. The van der Waals surface area contributed by atoms with E-state index in [-0.39, 0.29) is 17.7 Å². The molecule has 0 N–H and O–H groups in total. The molecular weight excluding hydrogens is 308 g/mol. The number of carbonyl (C=O) groups excluding carboxylic acids is 1. The number of hydrogen-bond acceptors (Lipinski definition) is 6. The second-order valence-corrected chi connectivity index (χ2v) is 5.95. The summed E-state index contributed by atoms with van der Waals surface area (Å²) >= 11 is 0. The van der Waals surface area contributed by atoms with Crippen molar-refractivity contribution in [1.82, 2.24) is 20.2 Å². The van der Waals surface area contributed by atoms with Gasteiger partial charge < -0.3 is 13.9 Å². The fourth-order valence-corrected chi connectivity index (χ4v) is 3.24. The quantitative estimate of drug-likeness (QED) is 0.735. The van der Waals surface area contributed by atoms with E-state index in [2.05, 4.69) is 27.4 Å². The molecule has 1 aliphatic rings.